The molecular formula is C13H19BrN2. The van der Waals surface area contributed by atoms with E-state index in [4.69, 9.17) is 0 Å². The zero-order chi connectivity index (χ0) is 11.4. The number of benzene rings is 1. The summed E-state index contributed by atoms with van der Waals surface area (Å²) in [6.07, 6.45) is 1.14. The lowest BCUT2D eigenvalue weighted by Gasteiger charge is -2.27. The Balaban J connectivity index is 1.88. The van der Waals surface area contributed by atoms with E-state index in [2.05, 4.69) is 51.3 Å². The van der Waals surface area contributed by atoms with Gasteiger partial charge < -0.3 is 10.2 Å². The Morgan fingerprint density at radius 2 is 2.06 bits per heavy atom. The topological polar surface area (TPSA) is 15.3 Å². The minimum absolute atomic E-state index is 1.13. The second-order valence-corrected chi connectivity index (χ2v) is 5.29. The van der Waals surface area contributed by atoms with Crippen LogP contribution in [-0.4, -0.2) is 37.6 Å². The fourth-order valence-corrected chi connectivity index (χ4v) is 2.76. The Morgan fingerprint density at radius 1 is 1.31 bits per heavy atom. The van der Waals surface area contributed by atoms with Crippen LogP contribution in [0.15, 0.2) is 22.7 Å². The third kappa shape index (κ3) is 3.30. The van der Waals surface area contributed by atoms with Crippen molar-refractivity contribution in [2.75, 3.05) is 32.7 Å². The van der Waals surface area contributed by atoms with Gasteiger partial charge in [-0.15, -0.1) is 0 Å². The predicted molar refractivity (Wildman–Crippen MR) is 71.9 cm³/mol. The number of nitrogens with zero attached hydrogens (tertiary/aromatic N) is 1. The fourth-order valence-electron chi connectivity index (χ4n) is 2.07. The minimum Gasteiger partial charge on any atom is -0.314 e. The summed E-state index contributed by atoms with van der Waals surface area (Å²) in [5.41, 5.74) is 2.74. The van der Waals surface area contributed by atoms with Crippen LogP contribution in [0, 0.1) is 6.92 Å². The second kappa shape index (κ2) is 5.80. The fraction of sp³-hybridized carbons (Fsp3) is 0.538. The first-order chi connectivity index (χ1) is 7.75. The Labute approximate surface area is 106 Å². The Bertz CT molecular complexity index is 346. The molecule has 88 valence electrons. The van der Waals surface area contributed by atoms with Gasteiger partial charge in [0.05, 0.1) is 0 Å². The van der Waals surface area contributed by atoms with E-state index in [-0.39, 0.29) is 0 Å². The van der Waals surface area contributed by atoms with Crippen LogP contribution < -0.4 is 5.32 Å². The van der Waals surface area contributed by atoms with Crippen LogP contribution >= 0.6 is 15.9 Å². The first kappa shape index (κ1) is 12.1. The number of nitrogens with one attached hydrogen (secondary N) is 1. The van der Waals surface area contributed by atoms with Crippen molar-refractivity contribution in [1.29, 1.82) is 0 Å². The van der Waals surface area contributed by atoms with Crippen molar-refractivity contribution in [3.8, 4) is 0 Å². The highest BCUT2D eigenvalue weighted by molar-refractivity contribution is 9.10. The molecular weight excluding hydrogens is 264 g/mol. The smallest absolute Gasteiger partial charge is 0.0210 e. The molecule has 0 amide bonds. The Hall–Kier alpha value is -0.380. The van der Waals surface area contributed by atoms with Crippen molar-refractivity contribution in [2.45, 2.75) is 13.3 Å². The number of hydrogen-bond acceptors (Lipinski definition) is 2. The average Bonchev–Trinajstić information content (AvgIpc) is 2.29. The molecule has 2 nitrogen and oxygen atoms in total. The highest BCUT2D eigenvalue weighted by atomic mass is 79.9. The molecule has 0 saturated carbocycles. The van der Waals surface area contributed by atoms with Crippen molar-refractivity contribution >= 4 is 15.9 Å². The highest BCUT2D eigenvalue weighted by Crippen LogP contribution is 2.19. The maximum Gasteiger partial charge on any atom is 0.0210 e. The molecule has 1 fully saturated rings. The van der Waals surface area contributed by atoms with E-state index in [0.717, 1.165) is 19.5 Å². The molecule has 1 saturated heterocycles. The van der Waals surface area contributed by atoms with Crippen LogP contribution in [-0.2, 0) is 6.42 Å². The Kier molecular flexibility index (Phi) is 4.38. The van der Waals surface area contributed by atoms with Crippen LogP contribution in [0.5, 0.6) is 0 Å². The number of hydrogen-bond donors (Lipinski definition) is 1. The predicted octanol–water partition coefficient (Wildman–Crippen LogP) is 2.21. The molecule has 0 unspecified atom stereocenters. The van der Waals surface area contributed by atoms with Gasteiger partial charge in [0, 0.05) is 37.2 Å². The maximum absolute atomic E-state index is 3.64. The molecule has 0 aromatic heterocycles. The van der Waals surface area contributed by atoms with E-state index >= 15 is 0 Å². The monoisotopic (exact) mass is 282 g/mol. The van der Waals surface area contributed by atoms with E-state index in [0.29, 0.717) is 0 Å². The molecule has 1 heterocycles. The van der Waals surface area contributed by atoms with Crippen molar-refractivity contribution < 1.29 is 0 Å². The molecule has 16 heavy (non-hydrogen) atoms. The molecule has 0 spiro atoms. The molecule has 1 aromatic carbocycles. The molecule has 3 heteroatoms. The third-order valence-corrected chi connectivity index (χ3v) is 3.85. The quantitative estimate of drug-likeness (QED) is 0.915. The summed E-state index contributed by atoms with van der Waals surface area (Å²) in [5.74, 6) is 0. The molecule has 1 aromatic rings. The normalized spacial score (nSPS) is 17.6. The van der Waals surface area contributed by atoms with Crippen molar-refractivity contribution in [3.05, 3.63) is 33.8 Å². The van der Waals surface area contributed by atoms with E-state index in [1.165, 1.54) is 35.2 Å². The first-order valence-corrected chi connectivity index (χ1v) is 6.73. The number of piperazine rings is 1. The molecule has 1 aliphatic rings. The molecule has 0 atom stereocenters. The standard InChI is InChI=1S/C13H19BrN2/c1-11-2-3-12(13(14)10-11)4-7-16-8-5-15-6-9-16/h2-3,10,15H,4-9H2,1H3. The summed E-state index contributed by atoms with van der Waals surface area (Å²) in [6.45, 7) is 7.94. The van der Waals surface area contributed by atoms with E-state index in [9.17, 15) is 0 Å². The summed E-state index contributed by atoms with van der Waals surface area (Å²) < 4.78 is 1.25. The minimum atomic E-state index is 1.13. The maximum atomic E-state index is 3.64. The lowest BCUT2D eigenvalue weighted by Crippen LogP contribution is -2.44. The van der Waals surface area contributed by atoms with Crippen molar-refractivity contribution in [3.63, 3.8) is 0 Å². The van der Waals surface area contributed by atoms with Crippen LogP contribution in [0.4, 0.5) is 0 Å². The van der Waals surface area contributed by atoms with Gasteiger partial charge in [-0.25, -0.2) is 0 Å². The van der Waals surface area contributed by atoms with Gasteiger partial charge >= 0.3 is 0 Å². The van der Waals surface area contributed by atoms with Gasteiger partial charge in [-0.2, -0.15) is 0 Å². The molecule has 1 N–H and O–H groups in total. The van der Waals surface area contributed by atoms with Crippen LogP contribution in [0.3, 0.4) is 0 Å². The summed E-state index contributed by atoms with van der Waals surface area (Å²) in [6, 6.07) is 6.63. The molecule has 0 aliphatic carbocycles. The van der Waals surface area contributed by atoms with Gasteiger partial charge in [-0.1, -0.05) is 28.1 Å². The molecule has 2 rings (SSSR count). The van der Waals surface area contributed by atoms with Gasteiger partial charge in [0.15, 0.2) is 0 Å². The van der Waals surface area contributed by atoms with Crippen molar-refractivity contribution in [2.24, 2.45) is 0 Å². The second-order valence-electron chi connectivity index (χ2n) is 4.44. The SMILES string of the molecule is Cc1ccc(CCN2CCNCC2)c(Br)c1. The lowest BCUT2D eigenvalue weighted by atomic mass is 10.1. The summed E-state index contributed by atoms with van der Waals surface area (Å²) in [4.78, 5) is 2.53. The zero-order valence-corrected chi connectivity index (χ0v) is 11.4. The van der Waals surface area contributed by atoms with E-state index in [1.807, 2.05) is 0 Å². The Morgan fingerprint density at radius 3 is 2.75 bits per heavy atom. The first-order valence-electron chi connectivity index (χ1n) is 5.94. The summed E-state index contributed by atoms with van der Waals surface area (Å²) in [7, 11) is 0. The van der Waals surface area contributed by atoms with Crippen LogP contribution in [0.25, 0.3) is 0 Å². The van der Waals surface area contributed by atoms with Gasteiger partial charge in [0.2, 0.25) is 0 Å². The van der Waals surface area contributed by atoms with E-state index in [1.54, 1.807) is 0 Å². The van der Waals surface area contributed by atoms with Crippen LogP contribution in [0.2, 0.25) is 0 Å². The largest absolute Gasteiger partial charge is 0.314 e. The van der Waals surface area contributed by atoms with Gasteiger partial charge in [0.1, 0.15) is 0 Å². The van der Waals surface area contributed by atoms with Crippen LogP contribution in [0.1, 0.15) is 11.1 Å². The van der Waals surface area contributed by atoms with E-state index < -0.39 is 0 Å². The highest BCUT2D eigenvalue weighted by Gasteiger charge is 2.09. The zero-order valence-electron chi connectivity index (χ0n) is 9.80. The van der Waals surface area contributed by atoms with Gasteiger partial charge in [-0.3, -0.25) is 0 Å². The molecule has 0 bridgehead atoms. The molecule has 1 aliphatic heterocycles. The number of rotatable bonds is 3. The summed E-state index contributed by atoms with van der Waals surface area (Å²) in [5, 5.41) is 3.38. The van der Waals surface area contributed by atoms with Crippen molar-refractivity contribution in [1.82, 2.24) is 10.2 Å². The molecule has 0 radical (unpaired) electrons. The van der Waals surface area contributed by atoms with Gasteiger partial charge in [-0.05, 0) is 30.5 Å². The average molecular weight is 283 g/mol. The lowest BCUT2D eigenvalue weighted by molar-refractivity contribution is 0.244. The number of aryl methyl sites for hydroxylation is 1. The number of halogens is 1. The third-order valence-electron chi connectivity index (χ3n) is 3.12. The summed E-state index contributed by atoms with van der Waals surface area (Å²) >= 11 is 3.64. The van der Waals surface area contributed by atoms with Gasteiger partial charge in [0.25, 0.3) is 0 Å².